The van der Waals surface area contributed by atoms with Gasteiger partial charge in [-0.1, -0.05) is 26.0 Å². The molecule has 136 valence electrons. The van der Waals surface area contributed by atoms with Crippen LogP contribution in [0.4, 0.5) is 4.39 Å². The molecular weight excluding hydrogens is 321 g/mol. The predicted octanol–water partition coefficient (Wildman–Crippen LogP) is 2.99. The largest absolute Gasteiger partial charge is 0.467 e. The monoisotopic (exact) mass is 347 g/mol. The van der Waals surface area contributed by atoms with Crippen molar-refractivity contribution in [3.63, 3.8) is 0 Å². The van der Waals surface area contributed by atoms with Gasteiger partial charge in [0, 0.05) is 12.0 Å². The van der Waals surface area contributed by atoms with E-state index in [1.165, 1.54) is 18.4 Å². The van der Waals surface area contributed by atoms with Crippen molar-refractivity contribution in [2.45, 2.75) is 32.3 Å². The predicted molar refractivity (Wildman–Crippen MR) is 97.1 cm³/mol. The van der Waals surface area contributed by atoms with E-state index < -0.39 is 6.10 Å². The Labute approximate surface area is 148 Å². The minimum absolute atomic E-state index is 0.249. The zero-order valence-electron chi connectivity index (χ0n) is 14.9. The molecule has 6 heteroatoms. The zero-order chi connectivity index (χ0) is 18.3. The molecule has 1 aromatic carbocycles. The molecule has 0 amide bonds. The lowest BCUT2D eigenvalue weighted by molar-refractivity contribution is 0.153. The van der Waals surface area contributed by atoms with Crippen molar-refractivity contribution >= 4 is 5.96 Å². The van der Waals surface area contributed by atoms with E-state index in [2.05, 4.69) is 15.6 Å². The molecule has 0 bridgehead atoms. The maximum absolute atomic E-state index is 13.5. The van der Waals surface area contributed by atoms with E-state index >= 15 is 0 Å². The van der Waals surface area contributed by atoms with E-state index in [1.807, 2.05) is 26.8 Å². The molecule has 2 rings (SSSR count). The zero-order valence-corrected chi connectivity index (χ0v) is 14.9. The van der Waals surface area contributed by atoms with Crippen LogP contribution in [0.3, 0.4) is 0 Å². The first-order valence-electron chi connectivity index (χ1n) is 8.42. The van der Waals surface area contributed by atoms with Gasteiger partial charge in [0.05, 0.1) is 19.4 Å². The lowest BCUT2D eigenvalue weighted by Gasteiger charge is -2.24. The Morgan fingerprint density at radius 3 is 2.72 bits per heavy atom. The van der Waals surface area contributed by atoms with Crippen LogP contribution in [0, 0.1) is 5.82 Å². The number of nitrogens with one attached hydrogen (secondary N) is 2. The second-order valence-corrected chi connectivity index (χ2v) is 6.50. The quantitative estimate of drug-likeness (QED) is 0.532. The fourth-order valence-corrected chi connectivity index (χ4v) is 2.39. The van der Waals surface area contributed by atoms with Crippen LogP contribution in [0.15, 0.2) is 52.1 Å². The van der Waals surface area contributed by atoms with Gasteiger partial charge < -0.3 is 20.2 Å². The number of aliphatic hydroxyl groups excluding tert-OH is 1. The standard InChI is InChI=1S/C19H26FN3O2/c1-4-21-18(22-12-16(24)17-9-6-10-25-17)23-13-19(2,3)14-7-5-8-15(20)11-14/h5-11,16,24H,4,12-13H2,1-3H3,(H2,21,22,23). The highest BCUT2D eigenvalue weighted by Gasteiger charge is 2.21. The molecule has 3 N–H and O–H groups in total. The minimum atomic E-state index is -0.755. The number of benzene rings is 1. The van der Waals surface area contributed by atoms with Gasteiger partial charge >= 0.3 is 0 Å². The topological polar surface area (TPSA) is 69.8 Å². The van der Waals surface area contributed by atoms with Gasteiger partial charge in [0.2, 0.25) is 0 Å². The first-order valence-corrected chi connectivity index (χ1v) is 8.42. The summed E-state index contributed by atoms with van der Waals surface area (Å²) in [7, 11) is 0. The van der Waals surface area contributed by atoms with Crippen LogP contribution >= 0.6 is 0 Å². The van der Waals surface area contributed by atoms with Gasteiger partial charge in [-0.3, -0.25) is 4.99 Å². The Balaban J connectivity index is 2.00. The Hall–Kier alpha value is -2.34. The number of halogens is 1. The summed E-state index contributed by atoms with van der Waals surface area (Å²) in [4.78, 5) is 4.57. The van der Waals surface area contributed by atoms with Crippen molar-refractivity contribution in [1.29, 1.82) is 0 Å². The van der Waals surface area contributed by atoms with E-state index in [0.717, 1.165) is 5.56 Å². The first-order chi connectivity index (χ1) is 11.9. The van der Waals surface area contributed by atoms with E-state index in [4.69, 9.17) is 4.42 Å². The second kappa shape index (κ2) is 8.67. The number of guanidine groups is 1. The van der Waals surface area contributed by atoms with E-state index in [0.29, 0.717) is 24.8 Å². The Bertz CT molecular complexity index is 684. The van der Waals surface area contributed by atoms with Crippen molar-refractivity contribution in [3.8, 4) is 0 Å². The SMILES string of the molecule is CCNC(=NCC(C)(C)c1cccc(F)c1)NCC(O)c1ccco1. The van der Waals surface area contributed by atoms with Gasteiger partial charge in [-0.25, -0.2) is 4.39 Å². The summed E-state index contributed by atoms with van der Waals surface area (Å²) in [6.45, 7) is 7.46. The third kappa shape index (κ3) is 5.60. The van der Waals surface area contributed by atoms with Gasteiger partial charge in [0.15, 0.2) is 5.96 Å². The third-order valence-corrected chi connectivity index (χ3v) is 3.92. The summed E-state index contributed by atoms with van der Waals surface area (Å²) < 4.78 is 18.6. The van der Waals surface area contributed by atoms with Crippen LogP contribution in [0.1, 0.15) is 38.2 Å². The van der Waals surface area contributed by atoms with Crippen molar-refractivity contribution in [2.24, 2.45) is 4.99 Å². The maximum Gasteiger partial charge on any atom is 0.191 e. The molecule has 0 aliphatic carbocycles. The van der Waals surface area contributed by atoms with Crippen LogP contribution in [-0.2, 0) is 5.41 Å². The van der Waals surface area contributed by atoms with Gasteiger partial charge in [0.25, 0.3) is 0 Å². The maximum atomic E-state index is 13.5. The average molecular weight is 347 g/mol. The summed E-state index contributed by atoms with van der Waals surface area (Å²) in [5.41, 5.74) is 0.576. The number of aliphatic imine (C=N–C) groups is 1. The number of furan rings is 1. The van der Waals surface area contributed by atoms with Gasteiger partial charge in [-0.2, -0.15) is 0 Å². The molecule has 0 aliphatic heterocycles. The molecule has 0 radical (unpaired) electrons. The lowest BCUT2D eigenvalue weighted by Crippen LogP contribution is -2.40. The minimum Gasteiger partial charge on any atom is -0.467 e. The molecule has 1 atom stereocenters. The molecule has 1 heterocycles. The van der Waals surface area contributed by atoms with Gasteiger partial charge in [-0.15, -0.1) is 0 Å². The van der Waals surface area contributed by atoms with Crippen molar-refractivity contribution in [2.75, 3.05) is 19.6 Å². The van der Waals surface area contributed by atoms with Crippen LogP contribution in [0.25, 0.3) is 0 Å². The summed E-state index contributed by atoms with van der Waals surface area (Å²) >= 11 is 0. The summed E-state index contributed by atoms with van der Waals surface area (Å²) in [6, 6.07) is 10.0. The Kier molecular flexibility index (Phi) is 6.58. The normalized spacial score (nSPS) is 13.6. The molecule has 25 heavy (non-hydrogen) atoms. The van der Waals surface area contributed by atoms with Crippen LogP contribution in [0.5, 0.6) is 0 Å². The number of aliphatic hydroxyl groups is 1. The van der Waals surface area contributed by atoms with Crippen molar-refractivity contribution in [1.82, 2.24) is 10.6 Å². The molecular formula is C19H26FN3O2. The molecule has 2 aromatic rings. The fourth-order valence-electron chi connectivity index (χ4n) is 2.39. The van der Waals surface area contributed by atoms with E-state index in [-0.39, 0.29) is 17.8 Å². The third-order valence-electron chi connectivity index (χ3n) is 3.92. The van der Waals surface area contributed by atoms with Crippen molar-refractivity contribution in [3.05, 3.63) is 59.8 Å². The van der Waals surface area contributed by atoms with Crippen LogP contribution in [-0.4, -0.2) is 30.7 Å². The van der Waals surface area contributed by atoms with Gasteiger partial charge in [0.1, 0.15) is 17.7 Å². The number of rotatable bonds is 7. The molecule has 0 fully saturated rings. The van der Waals surface area contributed by atoms with Gasteiger partial charge in [-0.05, 0) is 36.8 Å². The highest BCUT2D eigenvalue weighted by Crippen LogP contribution is 2.24. The highest BCUT2D eigenvalue weighted by atomic mass is 19.1. The lowest BCUT2D eigenvalue weighted by atomic mass is 9.85. The molecule has 1 aromatic heterocycles. The molecule has 1 unspecified atom stereocenters. The fraction of sp³-hybridized carbons (Fsp3) is 0.421. The van der Waals surface area contributed by atoms with Crippen molar-refractivity contribution < 1.29 is 13.9 Å². The molecule has 0 spiro atoms. The molecule has 5 nitrogen and oxygen atoms in total. The highest BCUT2D eigenvalue weighted by molar-refractivity contribution is 5.79. The summed E-state index contributed by atoms with van der Waals surface area (Å²) in [6.07, 6.45) is 0.773. The number of hydrogen-bond acceptors (Lipinski definition) is 3. The summed E-state index contributed by atoms with van der Waals surface area (Å²) in [5, 5.41) is 16.3. The summed E-state index contributed by atoms with van der Waals surface area (Å²) in [5.74, 6) is 0.849. The van der Waals surface area contributed by atoms with Crippen LogP contribution < -0.4 is 10.6 Å². The van der Waals surface area contributed by atoms with Crippen LogP contribution in [0.2, 0.25) is 0 Å². The number of hydrogen-bond donors (Lipinski definition) is 3. The smallest absolute Gasteiger partial charge is 0.191 e. The molecule has 0 aliphatic rings. The van der Waals surface area contributed by atoms with E-state index in [1.54, 1.807) is 18.2 Å². The number of nitrogens with zero attached hydrogens (tertiary/aromatic N) is 1. The second-order valence-electron chi connectivity index (χ2n) is 6.50. The average Bonchev–Trinajstić information content (AvgIpc) is 3.12. The van der Waals surface area contributed by atoms with E-state index in [9.17, 15) is 9.50 Å². The Morgan fingerprint density at radius 1 is 1.28 bits per heavy atom. The molecule has 0 saturated carbocycles. The Morgan fingerprint density at radius 2 is 2.08 bits per heavy atom. The molecule has 0 saturated heterocycles. The first kappa shape index (κ1) is 19.0.